The standard InChI is InChI=1S/C21H19ClN4O4S/c1-14-3-9-19(15(2)11-14)25-31(29,30)21-12-18(26(27)28)8-10-20(21)24-23-13-16-4-6-17(22)7-5-16/h3-13,24-25H,1-2H3. The zero-order valence-corrected chi connectivity index (χ0v) is 18.2. The second-order valence-corrected chi connectivity index (χ2v) is 8.87. The van der Waals surface area contributed by atoms with Crippen molar-refractivity contribution in [3.63, 3.8) is 0 Å². The van der Waals surface area contributed by atoms with Crippen LogP contribution in [0.5, 0.6) is 0 Å². The first-order chi connectivity index (χ1) is 14.7. The van der Waals surface area contributed by atoms with E-state index in [0.29, 0.717) is 10.7 Å². The van der Waals surface area contributed by atoms with Gasteiger partial charge in [-0.25, -0.2) is 8.42 Å². The molecular weight excluding hydrogens is 440 g/mol. The van der Waals surface area contributed by atoms with Crippen molar-refractivity contribution in [3.8, 4) is 0 Å². The van der Waals surface area contributed by atoms with Crippen molar-refractivity contribution in [3.05, 3.63) is 92.5 Å². The van der Waals surface area contributed by atoms with Gasteiger partial charge < -0.3 is 0 Å². The number of non-ortho nitro benzene ring substituents is 1. The summed E-state index contributed by atoms with van der Waals surface area (Å²) in [5, 5.41) is 15.8. The number of nitro groups is 1. The Hall–Kier alpha value is -3.43. The van der Waals surface area contributed by atoms with Crippen molar-refractivity contribution in [2.45, 2.75) is 18.7 Å². The molecule has 0 saturated heterocycles. The van der Waals surface area contributed by atoms with Gasteiger partial charge in [-0.05, 0) is 49.2 Å². The molecule has 0 bridgehead atoms. The zero-order chi connectivity index (χ0) is 22.6. The first-order valence-electron chi connectivity index (χ1n) is 9.09. The molecule has 0 aliphatic rings. The molecule has 3 aromatic rings. The first-order valence-corrected chi connectivity index (χ1v) is 10.9. The quantitative estimate of drug-likeness (QED) is 0.290. The molecule has 31 heavy (non-hydrogen) atoms. The number of sulfonamides is 1. The Bertz CT molecular complexity index is 1260. The number of benzene rings is 3. The van der Waals surface area contributed by atoms with Crippen LogP contribution in [0.4, 0.5) is 17.1 Å². The van der Waals surface area contributed by atoms with Gasteiger partial charge in [0, 0.05) is 17.2 Å². The lowest BCUT2D eigenvalue weighted by molar-refractivity contribution is -0.385. The van der Waals surface area contributed by atoms with Crippen LogP contribution in [-0.2, 0) is 10.0 Å². The highest BCUT2D eigenvalue weighted by Gasteiger charge is 2.23. The van der Waals surface area contributed by atoms with Crippen molar-refractivity contribution in [2.24, 2.45) is 5.10 Å². The summed E-state index contributed by atoms with van der Waals surface area (Å²) in [6, 6.07) is 15.6. The number of anilines is 2. The maximum absolute atomic E-state index is 13.1. The normalized spacial score (nSPS) is 11.5. The fourth-order valence-corrected chi connectivity index (χ4v) is 4.23. The minimum atomic E-state index is -4.14. The van der Waals surface area contributed by atoms with E-state index in [2.05, 4.69) is 15.2 Å². The van der Waals surface area contributed by atoms with Gasteiger partial charge >= 0.3 is 0 Å². The average molecular weight is 459 g/mol. The Labute approximate surface area is 184 Å². The third-order valence-corrected chi connectivity index (χ3v) is 6.02. The molecule has 0 aliphatic heterocycles. The van der Waals surface area contributed by atoms with Gasteiger partial charge in [0.1, 0.15) is 4.90 Å². The predicted octanol–water partition coefficient (Wildman–Crippen LogP) is 5.11. The van der Waals surface area contributed by atoms with Crippen LogP contribution in [0.25, 0.3) is 0 Å². The number of nitrogens with zero attached hydrogens (tertiary/aromatic N) is 2. The highest BCUT2D eigenvalue weighted by molar-refractivity contribution is 7.92. The topological polar surface area (TPSA) is 114 Å². The summed E-state index contributed by atoms with van der Waals surface area (Å²) < 4.78 is 28.6. The van der Waals surface area contributed by atoms with Crippen molar-refractivity contribution < 1.29 is 13.3 Å². The van der Waals surface area contributed by atoms with E-state index in [9.17, 15) is 18.5 Å². The van der Waals surface area contributed by atoms with Gasteiger partial charge in [-0.1, -0.05) is 41.4 Å². The van der Waals surface area contributed by atoms with Gasteiger partial charge in [-0.2, -0.15) is 5.10 Å². The van der Waals surface area contributed by atoms with Gasteiger partial charge in [0.05, 0.1) is 22.5 Å². The minimum Gasteiger partial charge on any atom is -0.279 e. The van der Waals surface area contributed by atoms with Gasteiger partial charge in [-0.15, -0.1) is 0 Å². The molecule has 0 amide bonds. The number of halogens is 1. The molecule has 0 heterocycles. The number of aryl methyl sites for hydroxylation is 2. The molecule has 3 aromatic carbocycles. The second kappa shape index (κ2) is 9.15. The molecule has 0 saturated carbocycles. The Morgan fingerprint density at radius 2 is 1.68 bits per heavy atom. The number of nitro benzene ring substituents is 1. The summed E-state index contributed by atoms with van der Waals surface area (Å²) in [7, 11) is -4.14. The lowest BCUT2D eigenvalue weighted by Gasteiger charge is -2.14. The molecule has 3 rings (SSSR count). The van der Waals surface area contributed by atoms with Crippen LogP contribution in [0.2, 0.25) is 5.02 Å². The Morgan fingerprint density at radius 3 is 2.32 bits per heavy atom. The number of rotatable bonds is 7. The van der Waals surface area contributed by atoms with Crippen LogP contribution in [-0.4, -0.2) is 19.6 Å². The molecule has 0 aromatic heterocycles. The Kier molecular flexibility index (Phi) is 6.57. The monoisotopic (exact) mass is 458 g/mol. The molecule has 0 atom stereocenters. The summed E-state index contributed by atoms with van der Waals surface area (Å²) in [6.07, 6.45) is 1.48. The molecule has 0 spiro atoms. The molecule has 0 fully saturated rings. The summed E-state index contributed by atoms with van der Waals surface area (Å²) >= 11 is 5.85. The summed E-state index contributed by atoms with van der Waals surface area (Å²) in [4.78, 5) is 10.2. The third kappa shape index (κ3) is 5.59. The summed E-state index contributed by atoms with van der Waals surface area (Å²) in [5.41, 5.74) is 5.21. The molecule has 10 heteroatoms. The predicted molar refractivity (Wildman–Crippen MR) is 122 cm³/mol. The molecule has 8 nitrogen and oxygen atoms in total. The van der Waals surface area contributed by atoms with E-state index in [1.54, 1.807) is 43.3 Å². The van der Waals surface area contributed by atoms with Crippen molar-refractivity contribution in [2.75, 3.05) is 10.1 Å². The molecule has 2 N–H and O–H groups in total. The maximum Gasteiger partial charge on any atom is 0.270 e. The average Bonchev–Trinajstić information content (AvgIpc) is 2.71. The summed E-state index contributed by atoms with van der Waals surface area (Å²) in [6.45, 7) is 3.67. The van der Waals surface area contributed by atoms with Gasteiger partial charge in [0.25, 0.3) is 15.7 Å². The number of hydrazone groups is 1. The van der Waals surface area contributed by atoms with Crippen LogP contribution < -0.4 is 10.1 Å². The fourth-order valence-electron chi connectivity index (χ4n) is 2.79. The number of hydrogen-bond acceptors (Lipinski definition) is 6. The number of hydrogen-bond donors (Lipinski definition) is 2. The maximum atomic E-state index is 13.1. The van der Waals surface area contributed by atoms with Crippen molar-refractivity contribution in [1.82, 2.24) is 0 Å². The SMILES string of the molecule is Cc1ccc(NS(=O)(=O)c2cc([N+](=O)[O-])ccc2NN=Cc2ccc(Cl)cc2)c(C)c1. The van der Waals surface area contributed by atoms with Crippen LogP contribution in [0.15, 0.2) is 70.7 Å². The fraction of sp³-hybridized carbons (Fsp3) is 0.0952. The first kappa shape index (κ1) is 22.3. The van der Waals surface area contributed by atoms with Gasteiger partial charge in [-0.3, -0.25) is 20.3 Å². The minimum absolute atomic E-state index is 0.0908. The largest absolute Gasteiger partial charge is 0.279 e. The van der Waals surface area contributed by atoms with E-state index in [1.807, 2.05) is 13.0 Å². The van der Waals surface area contributed by atoms with Gasteiger partial charge in [0.2, 0.25) is 0 Å². The highest BCUT2D eigenvalue weighted by Crippen LogP contribution is 2.29. The van der Waals surface area contributed by atoms with Crippen LogP contribution in [0, 0.1) is 24.0 Å². The Balaban J connectivity index is 1.95. The second-order valence-electron chi connectivity index (χ2n) is 6.78. The summed E-state index contributed by atoms with van der Waals surface area (Å²) in [5.74, 6) is 0. The molecule has 0 unspecified atom stereocenters. The van der Waals surface area contributed by atoms with Gasteiger partial charge in [0.15, 0.2) is 0 Å². The van der Waals surface area contributed by atoms with E-state index in [-0.39, 0.29) is 16.3 Å². The molecule has 0 aliphatic carbocycles. The van der Waals surface area contributed by atoms with E-state index >= 15 is 0 Å². The number of nitrogens with one attached hydrogen (secondary N) is 2. The molecule has 160 valence electrons. The smallest absolute Gasteiger partial charge is 0.270 e. The van der Waals surface area contributed by atoms with E-state index in [4.69, 9.17) is 11.6 Å². The van der Waals surface area contributed by atoms with Crippen molar-refractivity contribution in [1.29, 1.82) is 0 Å². The van der Waals surface area contributed by atoms with E-state index in [0.717, 1.165) is 22.8 Å². The Morgan fingerprint density at radius 1 is 1.00 bits per heavy atom. The van der Waals surface area contributed by atoms with Crippen LogP contribution >= 0.6 is 11.6 Å². The van der Waals surface area contributed by atoms with Crippen LogP contribution in [0.1, 0.15) is 16.7 Å². The lowest BCUT2D eigenvalue weighted by atomic mass is 10.1. The van der Waals surface area contributed by atoms with Crippen molar-refractivity contribution >= 4 is 44.9 Å². The molecular formula is C21H19ClN4O4S. The third-order valence-electron chi connectivity index (χ3n) is 4.36. The highest BCUT2D eigenvalue weighted by atomic mass is 35.5. The van der Waals surface area contributed by atoms with E-state index < -0.39 is 14.9 Å². The van der Waals surface area contributed by atoms with Crippen LogP contribution in [0.3, 0.4) is 0 Å². The van der Waals surface area contributed by atoms with E-state index in [1.165, 1.54) is 18.3 Å². The molecule has 0 radical (unpaired) electrons. The lowest BCUT2D eigenvalue weighted by Crippen LogP contribution is -2.16. The zero-order valence-electron chi connectivity index (χ0n) is 16.7.